The first-order chi connectivity index (χ1) is 17.0. The van der Waals surface area contributed by atoms with Gasteiger partial charge in [-0.05, 0) is 24.6 Å². The Bertz CT molecular complexity index is 1510. The van der Waals surface area contributed by atoms with E-state index in [9.17, 15) is 9.59 Å². The number of nitrogens with one attached hydrogen (secondary N) is 1. The lowest BCUT2D eigenvalue weighted by molar-refractivity contribution is 0.0920. The van der Waals surface area contributed by atoms with E-state index in [1.54, 1.807) is 25.5 Å². The fourth-order valence-corrected chi connectivity index (χ4v) is 3.93. The van der Waals surface area contributed by atoms with Gasteiger partial charge in [-0.3, -0.25) is 23.7 Å². The number of fused-ring (bicyclic) bond motifs is 1. The Kier molecular flexibility index (Phi) is 5.88. The topological polar surface area (TPSA) is 107 Å². The molecule has 4 heterocycles. The van der Waals surface area contributed by atoms with E-state index < -0.39 is 0 Å². The van der Waals surface area contributed by atoms with Crippen molar-refractivity contribution >= 4 is 17.5 Å². The number of hydrogen-bond acceptors (Lipinski definition) is 6. The van der Waals surface area contributed by atoms with Crippen LogP contribution < -0.4 is 5.32 Å². The van der Waals surface area contributed by atoms with E-state index in [0.29, 0.717) is 11.5 Å². The molecule has 1 amide bonds. The van der Waals surface area contributed by atoms with Gasteiger partial charge < -0.3 is 5.32 Å². The number of hydrogen-bond donors (Lipinski definition) is 1. The van der Waals surface area contributed by atoms with E-state index in [4.69, 9.17) is 0 Å². The fourth-order valence-electron chi connectivity index (χ4n) is 3.93. The molecular formula is C26H23N7O2. The van der Waals surface area contributed by atoms with Crippen molar-refractivity contribution < 1.29 is 9.59 Å². The third kappa shape index (κ3) is 4.56. The van der Waals surface area contributed by atoms with Crippen LogP contribution in [0.5, 0.6) is 0 Å². The van der Waals surface area contributed by atoms with E-state index in [1.165, 1.54) is 10.9 Å². The summed E-state index contributed by atoms with van der Waals surface area (Å²) in [4.78, 5) is 39.4. The minimum Gasteiger partial charge on any atom is -0.345 e. The summed E-state index contributed by atoms with van der Waals surface area (Å²) in [5, 5.41) is 7.07. The number of Topliss-reactive ketones (excluding diaryl/α,β-unsaturated/α-hetero) is 1. The lowest BCUT2D eigenvalue weighted by atomic mass is 10.1. The molecule has 0 aliphatic carbocycles. The molecule has 0 bridgehead atoms. The summed E-state index contributed by atoms with van der Waals surface area (Å²) in [6, 6.07) is 15.0. The van der Waals surface area contributed by atoms with Crippen molar-refractivity contribution in [3.05, 3.63) is 102 Å². The highest BCUT2D eigenvalue weighted by atomic mass is 16.2. The summed E-state index contributed by atoms with van der Waals surface area (Å²) in [5.41, 5.74) is 3.67. The van der Waals surface area contributed by atoms with Crippen molar-refractivity contribution in [2.24, 2.45) is 7.05 Å². The van der Waals surface area contributed by atoms with Gasteiger partial charge in [-0.1, -0.05) is 36.4 Å². The Morgan fingerprint density at radius 3 is 2.63 bits per heavy atom. The molecular weight excluding hydrogens is 442 g/mol. The third-order valence-electron chi connectivity index (χ3n) is 5.77. The van der Waals surface area contributed by atoms with Gasteiger partial charge in [0, 0.05) is 37.4 Å². The predicted molar refractivity (Wildman–Crippen MR) is 130 cm³/mol. The van der Waals surface area contributed by atoms with Gasteiger partial charge >= 0.3 is 0 Å². The molecule has 5 aromatic rings. The standard InChI is InChI=1S/C26H23N7O2/c1-17(19-9-6-11-27-14-19)29-25(35)21-15-28-32(2)24(21)23(34)13-20-10-12-33-16-22(31-26(33)30-20)18-7-4-3-5-8-18/h3-12,14-17H,13H2,1-2H3,(H,29,35). The maximum atomic E-state index is 13.2. The Labute approximate surface area is 201 Å². The van der Waals surface area contributed by atoms with Crippen molar-refractivity contribution in [3.8, 4) is 11.3 Å². The van der Waals surface area contributed by atoms with Crippen LogP contribution in [0.3, 0.4) is 0 Å². The van der Waals surface area contributed by atoms with Crippen LogP contribution in [0.25, 0.3) is 17.0 Å². The van der Waals surface area contributed by atoms with Gasteiger partial charge in [0.05, 0.1) is 35.6 Å². The zero-order valence-electron chi connectivity index (χ0n) is 19.3. The lowest BCUT2D eigenvalue weighted by Crippen LogP contribution is -2.28. The molecule has 0 fully saturated rings. The number of nitrogens with zero attached hydrogens (tertiary/aromatic N) is 6. The molecule has 4 aromatic heterocycles. The first-order valence-electron chi connectivity index (χ1n) is 11.2. The molecule has 0 spiro atoms. The molecule has 1 atom stereocenters. The van der Waals surface area contributed by atoms with Crippen molar-refractivity contribution in [2.75, 3.05) is 0 Å². The average Bonchev–Trinajstić information content (AvgIpc) is 3.48. The molecule has 174 valence electrons. The summed E-state index contributed by atoms with van der Waals surface area (Å²) >= 11 is 0. The average molecular weight is 466 g/mol. The Hall–Kier alpha value is -4.66. The molecule has 0 radical (unpaired) electrons. The monoisotopic (exact) mass is 465 g/mol. The zero-order chi connectivity index (χ0) is 24.4. The number of imidazole rings is 1. The summed E-state index contributed by atoms with van der Waals surface area (Å²) in [6.07, 6.45) is 8.53. The van der Waals surface area contributed by atoms with Gasteiger partial charge in [0.2, 0.25) is 5.78 Å². The van der Waals surface area contributed by atoms with Crippen molar-refractivity contribution in [3.63, 3.8) is 0 Å². The summed E-state index contributed by atoms with van der Waals surface area (Å²) in [7, 11) is 1.64. The molecule has 0 saturated heterocycles. The highest BCUT2D eigenvalue weighted by Crippen LogP contribution is 2.19. The van der Waals surface area contributed by atoms with Crippen molar-refractivity contribution in [1.82, 2.24) is 34.4 Å². The third-order valence-corrected chi connectivity index (χ3v) is 5.77. The van der Waals surface area contributed by atoms with Crippen LogP contribution in [-0.2, 0) is 13.5 Å². The molecule has 1 unspecified atom stereocenters. The van der Waals surface area contributed by atoms with Crippen LogP contribution in [0.4, 0.5) is 0 Å². The van der Waals surface area contributed by atoms with Gasteiger partial charge in [-0.2, -0.15) is 5.10 Å². The number of aromatic nitrogens is 6. The van der Waals surface area contributed by atoms with E-state index in [2.05, 4.69) is 25.4 Å². The molecule has 1 aromatic carbocycles. The van der Waals surface area contributed by atoms with Crippen LogP contribution in [0.2, 0.25) is 0 Å². The van der Waals surface area contributed by atoms with Crippen LogP contribution >= 0.6 is 0 Å². The minimum absolute atomic E-state index is 0.0159. The lowest BCUT2D eigenvalue weighted by Gasteiger charge is -2.14. The smallest absolute Gasteiger partial charge is 0.255 e. The molecule has 9 nitrogen and oxygen atoms in total. The van der Waals surface area contributed by atoms with Crippen LogP contribution in [0.15, 0.2) is 79.5 Å². The SMILES string of the molecule is CC(NC(=O)c1cnn(C)c1C(=O)Cc1ccn2cc(-c3ccccc3)nc2n1)c1cccnc1. The largest absolute Gasteiger partial charge is 0.345 e. The number of benzene rings is 1. The second-order valence-electron chi connectivity index (χ2n) is 8.23. The number of ketones is 1. The normalized spacial score (nSPS) is 11.9. The van der Waals surface area contributed by atoms with Crippen molar-refractivity contribution in [1.29, 1.82) is 0 Å². The highest BCUT2D eigenvalue weighted by molar-refractivity contribution is 6.07. The second kappa shape index (κ2) is 9.30. The Morgan fingerprint density at radius 2 is 1.86 bits per heavy atom. The van der Waals surface area contributed by atoms with Gasteiger partial charge in [0.25, 0.3) is 5.91 Å². The number of pyridine rings is 1. The molecule has 0 aliphatic heterocycles. The van der Waals surface area contributed by atoms with E-state index in [-0.39, 0.29) is 35.4 Å². The molecule has 0 aliphatic rings. The van der Waals surface area contributed by atoms with Crippen LogP contribution in [-0.4, -0.2) is 40.8 Å². The summed E-state index contributed by atoms with van der Waals surface area (Å²) in [6.45, 7) is 1.86. The van der Waals surface area contributed by atoms with E-state index in [0.717, 1.165) is 16.8 Å². The number of rotatable bonds is 7. The van der Waals surface area contributed by atoms with Gasteiger partial charge in [0.1, 0.15) is 5.69 Å². The second-order valence-corrected chi connectivity index (χ2v) is 8.23. The van der Waals surface area contributed by atoms with Crippen LogP contribution in [0.1, 0.15) is 45.1 Å². The summed E-state index contributed by atoms with van der Waals surface area (Å²) < 4.78 is 3.24. The van der Waals surface area contributed by atoms with Crippen molar-refractivity contribution in [2.45, 2.75) is 19.4 Å². The van der Waals surface area contributed by atoms with Gasteiger partial charge in [-0.25, -0.2) is 9.97 Å². The van der Waals surface area contributed by atoms with E-state index >= 15 is 0 Å². The maximum absolute atomic E-state index is 13.2. The molecule has 1 N–H and O–H groups in total. The zero-order valence-corrected chi connectivity index (χ0v) is 19.3. The predicted octanol–water partition coefficient (Wildman–Crippen LogP) is 3.44. The van der Waals surface area contributed by atoms with Gasteiger partial charge in [0.15, 0.2) is 5.78 Å². The van der Waals surface area contributed by atoms with Crippen LogP contribution in [0, 0.1) is 0 Å². The molecule has 0 saturated carbocycles. The van der Waals surface area contributed by atoms with Gasteiger partial charge in [-0.15, -0.1) is 0 Å². The van der Waals surface area contributed by atoms with E-state index in [1.807, 2.05) is 66.2 Å². The minimum atomic E-state index is -0.373. The number of amides is 1. The molecule has 9 heteroatoms. The molecule has 5 rings (SSSR count). The first kappa shape index (κ1) is 22.1. The maximum Gasteiger partial charge on any atom is 0.255 e. The number of carbonyl (C=O) groups excluding carboxylic acids is 2. The molecule has 35 heavy (non-hydrogen) atoms. The highest BCUT2D eigenvalue weighted by Gasteiger charge is 2.24. The summed E-state index contributed by atoms with van der Waals surface area (Å²) in [5.74, 6) is -0.125. The first-order valence-corrected chi connectivity index (χ1v) is 11.2. The quantitative estimate of drug-likeness (QED) is 0.369. The number of carbonyl (C=O) groups is 2. The fraction of sp³-hybridized carbons (Fsp3) is 0.154. The number of aryl methyl sites for hydroxylation is 1. The Balaban J connectivity index is 1.35. The Morgan fingerprint density at radius 1 is 1.03 bits per heavy atom.